The Morgan fingerprint density at radius 1 is 1.50 bits per heavy atom. The highest BCUT2D eigenvalue weighted by Gasteiger charge is 2.25. The van der Waals surface area contributed by atoms with E-state index in [1.807, 2.05) is 6.92 Å². The molecule has 1 atom stereocenters. The molecule has 0 saturated carbocycles. The first kappa shape index (κ1) is 11.9. The number of sulfonamides is 1. The summed E-state index contributed by atoms with van der Waals surface area (Å²) < 4.78 is 29.4. The van der Waals surface area contributed by atoms with Gasteiger partial charge in [-0.15, -0.1) is 0 Å². The minimum Gasteiger partial charge on any atom is -0.381 e. The van der Waals surface area contributed by atoms with E-state index in [2.05, 4.69) is 0 Å². The Morgan fingerprint density at radius 3 is 2.79 bits per heavy atom. The van der Waals surface area contributed by atoms with Crippen molar-refractivity contribution in [2.45, 2.75) is 19.8 Å². The van der Waals surface area contributed by atoms with Gasteiger partial charge in [0, 0.05) is 19.7 Å². The SMILES string of the molecule is CCOCC1CCCN(S(C)(=O)=O)C1. The van der Waals surface area contributed by atoms with Crippen molar-refractivity contribution in [1.29, 1.82) is 0 Å². The topological polar surface area (TPSA) is 46.6 Å². The van der Waals surface area contributed by atoms with E-state index in [0.717, 1.165) is 12.8 Å². The van der Waals surface area contributed by atoms with E-state index in [4.69, 9.17) is 4.74 Å². The van der Waals surface area contributed by atoms with Crippen molar-refractivity contribution in [3.8, 4) is 0 Å². The van der Waals surface area contributed by atoms with Gasteiger partial charge in [-0.05, 0) is 25.7 Å². The fourth-order valence-corrected chi connectivity index (χ4v) is 2.69. The molecule has 4 nitrogen and oxygen atoms in total. The third-order valence-electron chi connectivity index (χ3n) is 2.51. The second-order valence-electron chi connectivity index (χ2n) is 3.79. The Bertz CT molecular complexity index is 263. The van der Waals surface area contributed by atoms with E-state index < -0.39 is 10.0 Å². The molecule has 1 saturated heterocycles. The highest BCUT2D eigenvalue weighted by Crippen LogP contribution is 2.18. The van der Waals surface area contributed by atoms with Crippen molar-refractivity contribution in [2.24, 2.45) is 5.92 Å². The molecule has 0 aromatic heterocycles. The molecule has 1 aliphatic heterocycles. The van der Waals surface area contributed by atoms with Crippen LogP contribution in [0.1, 0.15) is 19.8 Å². The lowest BCUT2D eigenvalue weighted by Gasteiger charge is -2.30. The lowest BCUT2D eigenvalue weighted by atomic mass is 10.0. The predicted octanol–water partition coefficient (Wildman–Crippen LogP) is 0.695. The van der Waals surface area contributed by atoms with Crippen LogP contribution in [-0.4, -0.2) is 45.3 Å². The van der Waals surface area contributed by atoms with Gasteiger partial charge < -0.3 is 4.74 Å². The predicted molar refractivity (Wildman–Crippen MR) is 55.6 cm³/mol. The van der Waals surface area contributed by atoms with Crippen molar-refractivity contribution in [3.63, 3.8) is 0 Å². The van der Waals surface area contributed by atoms with Crippen molar-refractivity contribution in [2.75, 3.05) is 32.6 Å². The second-order valence-corrected chi connectivity index (χ2v) is 5.77. The molecular formula is C9H19NO3S. The number of nitrogens with zero attached hydrogens (tertiary/aromatic N) is 1. The molecule has 14 heavy (non-hydrogen) atoms. The van der Waals surface area contributed by atoms with Crippen molar-refractivity contribution >= 4 is 10.0 Å². The molecule has 1 unspecified atom stereocenters. The van der Waals surface area contributed by atoms with Gasteiger partial charge >= 0.3 is 0 Å². The van der Waals surface area contributed by atoms with E-state index in [1.165, 1.54) is 6.26 Å². The van der Waals surface area contributed by atoms with Crippen molar-refractivity contribution in [1.82, 2.24) is 4.31 Å². The first-order chi connectivity index (χ1) is 6.54. The van der Waals surface area contributed by atoms with Gasteiger partial charge in [0.25, 0.3) is 0 Å². The standard InChI is InChI=1S/C9H19NO3S/c1-3-13-8-9-5-4-6-10(7-9)14(2,11)12/h9H,3-8H2,1-2H3. The molecule has 0 N–H and O–H groups in total. The zero-order valence-corrected chi connectivity index (χ0v) is 9.72. The van der Waals surface area contributed by atoms with Crippen molar-refractivity contribution < 1.29 is 13.2 Å². The van der Waals surface area contributed by atoms with Crippen LogP contribution in [0.3, 0.4) is 0 Å². The van der Waals surface area contributed by atoms with E-state index in [9.17, 15) is 8.42 Å². The minimum absolute atomic E-state index is 0.374. The summed E-state index contributed by atoms with van der Waals surface area (Å²) >= 11 is 0. The van der Waals surface area contributed by atoms with Crippen LogP contribution in [0.5, 0.6) is 0 Å². The largest absolute Gasteiger partial charge is 0.381 e. The Balaban J connectivity index is 2.44. The maximum atomic E-state index is 11.3. The van der Waals surface area contributed by atoms with E-state index in [0.29, 0.717) is 32.2 Å². The molecule has 0 aromatic carbocycles. The highest BCUT2D eigenvalue weighted by atomic mass is 32.2. The maximum Gasteiger partial charge on any atom is 0.211 e. The zero-order valence-electron chi connectivity index (χ0n) is 8.90. The monoisotopic (exact) mass is 221 g/mol. The van der Waals surface area contributed by atoms with Gasteiger partial charge in [-0.1, -0.05) is 0 Å². The highest BCUT2D eigenvalue weighted by molar-refractivity contribution is 7.88. The number of piperidine rings is 1. The third kappa shape index (κ3) is 3.55. The summed E-state index contributed by atoms with van der Waals surface area (Å²) in [5.74, 6) is 0.374. The molecule has 1 fully saturated rings. The van der Waals surface area contributed by atoms with Gasteiger partial charge in [0.2, 0.25) is 10.0 Å². The lowest BCUT2D eigenvalue weighted by Crippen LogP contribution is -2.40. The molecule has 0 aliphatic carbocycles. The summed E-state index contributed by atoms with van der Waals surface area (Å²) in [6.07, 6.45) is 3.30. The molecule has 1 heterocycles. The molecule has 1 aliphatic rings. The summed E-state index contributed by atoms with van der Waals surface area (Å²) in [6.45, 7) is 4.63. The smallest absolute Gasteiger partial charge is 0.211 e. The lowest BCUT2D eigenvalue weighted by molar-refractivity contribution is 0.0865. The Hall–Kier alpha value is -0.130. The van der Waals surface area contributed by atoms with Crippen molar-refractivity contribution in [3.05, 3.63) is 0 Å². The van der Waals surface area contributed by atoms with E-state index in [-0.39, 0.29) is 0 Å². The molecular weight excluding hydrogens is 202 g/mol. The average molecular weight is 221 g/mol. The summed E-state index contributed by atoms with van der Waals surface area (Å²) in [5.41, 5.74) is 0. The second kappa shape index (κ2) is 5.09. The maximum absolute atomic E-state index is 11.3. The zero-order chi connectivity index (χ0) is 10.6. The summed E-state index contributed by atoms with van der Waals surface area (Å²) in [4.78, 5) is 0. The molecule has 5 heteroatoms. The van der Waals surface area contributed by atoms with Crippen LogP contribution in [0.15, 0.2) is 0 Å². The summed E-state index contributed by atoms with van der Waals surface area (Å²) in [5, 5.41) is 0. The van der Waals surface area contributed by atoms with Crippen LogP contribution in [0.4, 0.5) is 0 Å². The Labute approximate surface area is 86.3 Å². The van der Waals surface area contributed by atoms with E-state index >= 15 is 0 Å². The molecule has 0 bridgehead atoms. The number of ether oxygens (including phenoxy) is 1. The van der Waals surface area contributed by atoms with Gasteiger partial charge in [-0.2, -0.15) is 0 Å². The van der Waals surface area contributed by atoms with E-state index in [1.54, 1.807) is 4.31 Å². The fourth-order valence-electron chi connectivity index (χ4n) is 1.75. The van der Waals surface area contributed by atoms with Gasteiger partial charge in [0.15, 0.2) is 0 Å². The van der Waals surface area contributed by atoms with Gasteiger partial charge in [-0.3, -0.25) is 0 Å². The fraction of sp³-hybridized carbons (Fsp3) is 1.00. The molecule has 0 amide bonds. The van der Waals surface area contributed by atoms with Crippen LogP contribution < -0.4 is 0 Å². The molecule has 1 rings (SSSR count). The van der Waals surface area contributed by atoms with Crippen LogP contribution in [0.2, 0.25) is 0 Å². The summed E-state index contributed by atoms with van der Waals surface area (Å²) in [7, 11) is -3.01. The number of hydrogen-bond donors (Lipinski definition) is 0. The molecule has 0 aromatic rings. The van der Waals surface area contributed by atoms with Crippen LogP contribution in [0, 0.1) is 5.92 Å². The van der Waals surface area contributed by atoms with Crippen LogP contribution in [0.25, 0.3) is 0 Å². The Morgan fingerprint density at radius 2 is 2.21 bits per heavy atom. The normalized spacial score (nSPS) is 25.1. The number of hydrogen-bond acceptors (Lipinski definition) is 3. The van der Waals surface area contributed by atoms with Gasteiger partial charge in [0.05, 0.1) is 12.9 Å². The molecule has 84 valence electrons. The van der Waals surface area contributed by atoms with Gasteiger partial charge in [-0.25, -0.2) is 12.7 Å². The molecule has 0 radical (unpaired) electrons. The number of rotatable bonds is 4. The first-order valence-electron chi connectivity index (χ1n) is 5.07. The average Bonchev–Trinajstić information content (AvgIpc) is 2.14. The van der Waals surface area contributed by atoms with Gasteiger partial charge in [0.1, 0.15) is 0 Å². The van der Waals surface area contributed by atoms with Crippen LogP contribution >= 0.6 is 0 Å². The summed E-state index contributed by atoms with van der Waals surface area (Å²) in [6, 6.07) is 0. The quantitative estimate of drug-likeness (QED) is 0.702. The third-order valence-corrected chi connectivity index (χ3v) is 3.78. The van der Waals surface area contributed by atoms with Crippen LogP contribution in [-0.2, 0) is 14.8 Å². The Kier molecular flexibility index (Phi) is 4.34. The first-order valence-corrected chi connectivity index (χ1v) is 6.91. The minimum atomic E-state index is -3.01. The molecule has 0 spiro atoms.